The van der Waals surface area contributed by atoms with Crippen LogP contribution in [0, 0.1) is 12.7 Å². The van der Waals surface area contributed by atoms with E-state index in [1.807, 2.05) is 19.1 Å². The molecular formula is C25H22FN3O. The number of halogens is 1. The third-order valence-corrected chi connectivity index (χ3v) is 5.80. The van der Waals surface area contributed by atoms with Crippen LogP contribution in [0.5, 0.6) is 0 Å². The van der Waals surface area contributed by atoms with Gasteiger partial charge in [-0.05, 0) is 42.7 Å². The molecule has 1 atom stereocenters. The number of nitrogens with one attached hydrogen (secondary N) is 2. The monoisotopic (exact) mass is 399 g/mol. The van der Waals surface area contributed by atoms with Crippen molar-refractivity contribution in [2.45, 2.75) is 19.4 Å². The molecule has 2 amide bonds. The second-order valence-electron chi connectivity index (χ2n) is 7.73. The Kier molecular flexibility index (Phi) is 4.51. The number of aryl methyl sites for hydroxylation is 1. The van der Waals surface area contributed by atoms with Crippen molar-refractivity contribution in [3.05, 3.63) is 101 Å². The average Bonchev–Trinajstić information content (AvgIpc) is 3.14. The van der Waals surface area contributed by atoms with Crippen LogP contribution < -0.4 is 5.32 Å². The molecule has 0 saturated carbocycles. The molecule has 0 radical (unpaired) electrons. The molecule has 0 unspecified atom stereocenters. The van der Waals surface area contributed by atoms with E-state index < -0.39 is 5.82 Å². The van der Waals surface area contributed by atoms with Crippen LogP contribution in [0.4, 0.5) is 14.9 Å². The molecule has 1 aromatic heterocycles. The van der Waals surface area contributed by atoms with Gasteiger partial charge >= 0.3 is 6.03 Å². The van der Waals surface area contributed by atoms with E-state index in [1.165, 1.54) is 17.0 Å². The maximum Gasteiger partial charge on any atom is 0.322 e. The van der Waals surface area contributed by atoms with Gasteiger partial charge in [0, 0.05) is 23.1 Å². The smallest absolute Gasteiger partial charge is 0.322 e. The molecule has 30 heavy (non-hydrogen) atoms. The summed E-state index contributed by atoms with van der Waals surface area (Å²) in [6.45, 7) is 2.59. The van der Waals surface area contributed by atoms with Crippen molar-refractivity contribution in [2.24, 2.45) is 0 Å². The third-order valence-electron chi connectivity index (χ3n) is 5.80. The minimum Gasteiger partial charge on any atom is -0.356 e. The van der Waals surface area contributed by atoms with Crippen LogP contribution in [0.3, 0.4) is 0 Å². The quantitative estimate of drug-likeness (QED) is 0.440. The summed E-state index contributed by atoms with van der Waals surface area (Å²) >= 11 is 0. The Morgan fingerprint density at radius 1 is 1.03 bits per heavy atom. The number of aromatic nitrogens is 1. The lowest BCUT2D eigenvalue weighted by atomic mass is 9.92. The lowest BCUT2D eigenvalue weighted by Gasteiger charge is -2.36. The van der Waals surface area contributed by atoms with E-state index in [1.54, 1.807) is 23.1 Å². The number of carbonyl (C=O) groups is 1. The standard InChI is InChI=1S/C25H22FN3O/c1-16-10-12-17(13-11-16)24-23-19(18-6-2-4-8-21(18)27-23)14-15-29(24)25(30)28-22-9-5-3-7-20(22)26/h2-13,24,27H,14-15H2,1H3,(H,28,30)/t24-/m1/s1. The summed E-state index contributed by atoms with van der Waals surface area (Å²) in [5.41, 5.74) is 5.70. The number of H-pyrrole nitrogens is 1. The first kappa shape index (κ1) is 18.4. The predicted octanol–water partition coefficient (Wildman–Crippen LogP) is 5.80. The number of amides is 2. The van der Waals surface area contributed by atoms with Crippen LogP contribution in [0.2, 0.25) is 0 Å². The molecule has 2 heterocycles. The number of carbonyl (C=O) groups excluding carboxylic acids is 1. The van der Waals surface area contributed by atoms with E-state index in [0.717, 1.165) is 28.8 Å². The predicted molar refractivity (Wildman–Crippen MR) is 117 cm³/mol. The second kappa shape index (κ2) is 7.34. The van der Waals surface area contributed by atoms with Gasteiger partial charge in [0.15, 0.2) is 0 Å². The first-order valence-electron chi connectivity index (χ1n) is 10.1. The van der Waals surface area contributed by atoms with Crippen molar-refractivity contribution < 1.29 is 9.18 Å². The summed E-state index contributed by atoms with van der Waals surface area (Å²) in [5, 5.41) is 3.95. The second-order valence-corrected chi connectivity index (χ2v) is 7.73. The van der Waals surface area contributed by atoms with Crippen molar-refractivity contribution in [1.82, 2.24) is 9.88 Å². The van der Waals surface area contributed by atoms with Crippen molar-refractivity contribution in [3.63, 3.8) is 0 Å². The number of hydrogen-bond donors (Lipinski definition) is 2. The Morgan fingerprint density at radius 3 is 2.57 bits per heavy atom. The minimum absolute atomic E-state index is 0.188. The highest BCUT2D eigenvalue weighted by Gasteiger charge is 2.34. The molecule has 0 fully saturated rings. The van der Waals surface area contributed by atoms with Gasteiger partial charge in [0.1, 0.15) is 5.82 Å². The molecule has 4 aromatic rings. The number of hydrogen-bond acceptors (Lipinski definition) is 1. The normalized spacial score (nSPS) is 15.8. The van der Waals surface area contributed by atoms with Gasteiger partial charge < -0.3 is 15.2 Å². The summed E-state index contributed by atoms with van der Waals surface area (Å²) < 4.78 is 14.1. The summed E-state index contributed by atoms with van der Waals surface area (Å²) in [7, 11) is 0. The molecule has 4 nitrogen and oxygen atoms in total. The number of anilines is 1. The fraction of sp³-hybridized carbons (Fsp3) is 0.160. The van der Waals surface area contributed by atoms with Gasteiger partial charge in [0.2, 0.25) is 0 Å². The minimum atomic E-state index is -0.443. The van der Waals surface area contributed by atoms with Gasteiger partial charge in [-0.15, -0.1) is 0 Å². The van der Waals surface area contributed by atoms with Gasteiger partial charge in [-0.1, -0.05) is 60.2 Å². The van der Waals surface area contributed by atoms with Crippen LogP contribution in [0.1, 0.15) is 28.4 Å². The van der Waals surface area contributed by atoms with Crippen molar-refractivity contribution in [1.29, 1.82) is 0 Å². The topological polar surface area (TPSA) is 48.1 Å². The molecule has 0 bridgehead atoms. The van der Waals surface area contributed by atoms with Crippen LogP contribution >= 0.6 is 0 Å². The molecule has 5 heteroatoms. The lowest BCUT2D eigenvalue weighted by molar-refractivity contribution is 0.193. The molecule has 2 N–H and O–H groups in total. The van der Waals surface area contributed by atoms with Gasteiger partial charge in [-0.25, -0.2) is 9.18 Å². The van der Waals surface area contributed by atoms with Gasteiger partial charge in [0.25, 0.3) is 0 Å². The number of benzene rings is 3. The van der Waals surface area contributed by atoms with Gasteiger partial charge in [-0.3, -0.25) is 0 Å². The van der Waals surface area contributed by atoms with E-state index in [4.69, 9.17) is 0 Å². The molecule has 1 aliphatic heterocycles. The Morgan fingerprint density at radius 2 is 1.77 bits per heavy atom. The fourth-order valence-corrected chi connectivity index (χ4v) is 4.30. The van der Waals surface area contributed by atoms with E-state index in [-0.39, 0.29) is 17.8 Å². The number of nitrogens with zero attached hydrogens (tertiary/aromatic N) is 1. The highest BCUT2D eigenvalue weighted by atomic mass is 19.1. The third kappa shape index (κ3) is 3.12. The molecular weight excluding hydrogens is 377 g/mol. The molecule has 3 aromatic carbocycles. The van der Waals surface area contributed by atoms with E-state index in [2.05, 4.69) is 46.7 Å². The highest BCUT2D eigenvalue weighted by molar-refractivity contribution is 5.91. The zero-order chi connectivity index (χ0) is 20.7. The molecule has 0 spiro atoms. The van der Waals surface area contributed by atoms with E-state index >= 15 is 0 Å². The zero-order valence-corrected chi connectivity index (χ0v) is 16.7. The van der Waals surface area contributed by atoms with Crippen molar-refractivity contribution in [2.75, 3.05) is 11.9 Å². The summed E-state index contributed by atoms with van der Waals surface area (Å²) in [5.74, 6) is -0.443. The first-order chi connectivity index (χ1) is 14.6. The van der Waals surface area contributed by atoms with E-state index in [0.29, 0.717) is 6.54 Å². The molecule has 0 aliphatic carbocycles. The lowest BCUT2D eigenvalue weighted by Crippen LogP contribution is -2.43. The van der Waals surface area contributed by atoms with Crippen molar-refractivity contribution in [3.8, 4) is 0 Å². The number of para-hydroxylation sites is 2. The molecule has 0 saturated heterocycles. The molecule has 5 rings (SSSR count). The Labute approximate surface area is 174 Å². The summed E-state index contributed by atoms with van der Waals surface area (Å²) in [4.78, 5) is 18.6. The first-order valence-corrected chi connectivity index (χ1v) is 10.1. The average molecular weight is 399 g/mol. The Bertz CT molecular complexity index is 1230. The van der Waals surface area contributed by atoms with Gasteiger partial charge in [-0.2, -0.15) is 0 Å². The Hall–Kier alpha value is -3.60. The largest absolute Gasteiger partial charge is 0.356 e. The SMILES string of the molecule is Cc1ccc([C@@H]2c3[nH]c4ccccc4c3CCN2C(=O)Nc2ccccc2F)cc1. The maximum absolute atomic E-state index is 14.1. The number of urea groups is 1. The van der Waals surface area contributed by atoms with Crippen LogP contribution in [0.25, 0.3) is 10.9 Å². The Balaban J connectivity index is 1.59. The number of aromatic amines is 1. The van der Waals surface area contributed by atoms with Crippen LogP contribution in [-0.2, 0) is 6.42 Å². The summed E-state index contributed by atoms with van der Waals surface area (Å²) in [6, 6.07) is 22.1. The van der Waals surface area contributed by atoms with E-state index in [9.17, 15) is 9.18 Å². The van der Waals surface area contributed by atoms with Gasteiger partial charge in [0.05, 0.1) is 11.7 Å². The zero-order valence-electron chi connectivity index (χ0n) is 16.7. The molecule has 1 aliphatic rings. The van der Waals surface area contributed by atoms with Crippen LogP contribution in [-0.4, -0.2) is 22.5 Å². The molecule has 150 valence electrons. The summed E-state index contributed by atoms with van der Waals surface area (Å²) in [6.07, 6.45) is 0.742. The van der Waals surface area contributed by atoms with Crippen molar-refractivity contribution >= 4 is 22.6 Å². The number of rotatable bonds is 2. The highest BCUT2D eigenvalue weighted by Crippen LogP contribution is 2.38. The fourth-order valence-electron chi connectivity index (χ4n) is 4.30. The maximum atomic E-state index is 14.1. The van der Waals surface area contributed by atoms with Crippen LogP contribution in [0.15, 0.2) is 72.8 Å². The number of fused-ring (bicyclic) bond motifs is 3.